The number of carbonyl (C=O) groups is 1. The van der Waals surface area contributed by atoms with Gasteiger partial charge in [0.15, 0.2) is 17.3 Å². The van der Waals surface area contributed by atoms with Crippen molar-refractivity contribution in [1.82, 2.24) is 10.1 Å². The predicted octanol–water partition coefficient (Wildman–Crippen LogP) is 1.96. The Morgan fingerprint density at radius 3 is 2.68 bits per heavy atom. The summed E-state index contributed by atoms with van der Waals surface area (Å²) >= 11 is 0. The number of rotatable bonds is 3. The van der Waals surface area contributed by atoms with E-state index in [1.807, 2.05) is 29.2 Å². The number of ether oxygens (including phenoxy) is 3. The molecule has 2 aromatic rings. The lowest BCUT2D eigenvalue weighted by atomic mass is 9.99. The van der Waals surface area contributed by atoms with Crippen molar-refractivity contribution in [2.75, 3.05) is 33.1 Å². The number of benzene rings is 1. The minimum Gasteiger partial charge on any atom is -0.454 e. The number of hydrogen-bond donors (Lipinski definition) is 0. The topological polar surface area (TPSA) is 74.0 Å². The van der Waals surface area contributed by atoms with Crippen LogP contribution in [0.1, 0.15) is 18.5 Å². The Morgan fingerprint density at radius 1 is 1.08 bits per heavy atom. The summed E-state index contributed by atoms with van der Waals surface area (Å²) in [7, 11) is 0. The molecular formula is C18H18N2O5. The Kier molecular flexibility index (Phi) is 3.24. The summed E-state index contributed by atoms with van der Waals surface area (Å²) in [6, 6.07) is 7.51. The highest BCUT2D eigenvalue weighted by molar-refractivity contribution is 5.91. The van der Waals surface area contributed by atoms with Crippen LogP contribution in [0.3, 0.4) is 0 Å². The van der Waals surface area contributed by atoms with E-state index in [1.54, 1.807) is 0 Å². The van der Waals surface area contributed by atoms with E-state index >= 15 is 0 Å². The van der Waals surface area contributed by atoms with E-state index in [-0.39, 0.29) is 12.7 Å². The number of nitrogens with zero attached hydrogens (tertiary/aromatic N) is 2. The lowest BCUT2D eigenvalue weighted by Crippen LogP contribution is -2.45. The van der Waals surface area contributed by atoms with E-state index in [2.05, 4.69) is 5.16 Å². The minimum absolute atomic E-state index is 0.140. The number of morpholine rings is 1. The average molecular weight is 342 g/mol. The molecule has 25 heavy (non-hydrogen) atoms. The van der Waals surface area contributed by atoms with E-state index < -0.39 is 5.41 Å². The molecular weight excluding hydrogens is 324 g/mol. The van der Waals surface area contributed by atoms with E-state index in [0.29, 0.717) is 37.8 Å². The maximum Gasteiger partial charge on any atom is 0.235 e. The van der Waals surface area contributed by atoms with Crippen molar-refractivity contribution in [3.63, 3.8) is 0 Å². The summed E-state index contributed by atoms with van der Waals surface area (Å²) in [6.45, 7) is 2.73. The van der Waals surface area contributed by atoms with Crippen LogP contribution in [-0.4, -0.2) is 49.1 Å². The zero-order chi connectivity index (χ0) is 16.9. The molecule has 0 radical (unpaired) electrons. The van der Waals surface area contributed by atoms with Gasteiger partial charge in [-0.25, -0.2) is 0 Å². The monoisotopic (exact) mass is 342 g/mol. The van der Waals surface area contributed by atoms with Crippen LogP contribution in [0.2, 0.25) is 0 Å². The fraction of sp³-hybridized carbons (Fsp3) is 0.444. The highest BCUT2D eigenvalue weighted by Gasteiger charge is 2.55. The number of amides is 1. The zero-order valence-corrected chi connectivity index (χ0v) is 13.7. The molecule has 1 aromatic heterocycles. The Bertz CT molecular complexity index is 821. The van der Waals surface area contributed by atoms with Crippen LogP contribution in [0, 0.1) is 0 Å². The first-order valence-electron chi connectivity index (χ1n) is 8.51. The van der Waals surface area contributed by atoms with Crippen molar-refractivity contribution < 1.29 is 23.5 Å². The first-order chi connectivity index (χ1) is 12.3. The van der Waals surface area contributed by atoms with Crippen LogP contribution in [0.5, 0.6) is 11.5 Å². The maximum absolute atomic E-state index is 12.9. The Morgan fingerprint density at radius 2 is 1.88 bits per heavy atom. The Labute approximate surface area is 144 Å². The van der Waals surface area contributed by atoms with Gasteiger partial charge in [-0.1, -0.05) is 5.16 Å². The first-order valence-corrected chi connectivity index (χ1v) is 8.51. The molecule has 7 nitrogen and oxygen atoms in total. The molecule has 1 aliphatic carbocycles. The molecule has 130 valence electrons. The molecule has 5 rings (SSSR count). The van der Waals surface area contributed by atoms with Gasteiger partial charge in [0.05, 0.1) is 24.3 Å². The molecule has 1 saturated heterocycles. The normalized spacial score (nSPS) is 20.6. The van der Waals surface area contributed by atoms with Gasteiger partial charge in [-0.05, 0) is 31.0 Å². The minimum atomic E-state index is -0.518. The van der Waals surface area contributed by atoms with Gasteiger partial charge in [-0.2, -0.15) is 0 Å². The number of aromatic nitrogens is 1. The second kappa shape index (κ2) is 5.49. The molecule has 1 saturated carbocycles. The number of carbonyl (C=O) groups excluding carboxylic acids is 1. The largest absolute Gasteiger partial charge is 0.454 e. The molecule has 0 atom stereocenters. The van der Waals surface area contributed by atoms with Gasteiger partial charge < -0.3 is 23.6 Å². The molecule has 2 aliphatic heterocycles. The van der Waals surface area contributed by atoms with E-state index in [0.717, 1.165) is 29.8 Å². The highest BCUT2D eigenvalue weighted by atomic mass is 16.7. The van der Waals surface area contributed by atoms with Crippen molar-refractivity contribution in [3.8, 4) is 22.8 Å². The maximum atomic E-state index is 12.9. The quantitative estimate of drug-likeness (QED) is 0.849. The Hall–Kier alpha value is -2.54. The summed E-state index contributed by atoms with van der Waals surface area (Å²) in [4.78, 5) is 14.8. The zero-order valence-electron chi connectivity index (χ0n) is 13.7. The highest BCUT2D eigenvalue weighted by Crippen LogP contribution is 2.50. The molecule has 1 amide bonds. The SMILES string of the molecule is O=C(N1CCOCC1)C1(c2cc(-c3ccc4c(c3)OCO4)on2)CC1. The average Bonchev–Trinajstić information content (AvgIpc) is 3.09. The van der Waals surface area contributed by atoms with Crippen molar-refractivity contribution in [2.45, 2.75) is 18.3 Å². The molecule has 0 N–H and O–H groups in total. The molecule has 0 unspecified atom stereocenters. The van der Waals surface area contributed by atoms with Crippen LogP contribution in [0.4, 0.5) is 0 Å². The molecule has 0 bridgehead atoms. The van der Waals surface area contributed by atoms with E-state index in [4.69, 9.17) is 18.7 Å². The number of hydrogen-bond acceptors (Lipinski definition) is 6. The predicted molar refractivity (Wildman–Crippen MR) is 86.4 cm³/mol. The van der Waals surface area contributed by atoms with Crippen LogP contribution in [-0.2, 0) is 14.9 Å². The van der Waals surface area contributed by atoms with Gasteiger partial charge in [0.2, 0.25) is 12.7 Å². The third kappa shape index (κ3) is 2.38. The van der Waals surface area contributed by atoms with Crippen molar-refractivity contribution in [3.05, 3.63) is 30.0 Å². The number of fused-ring (bicyclic) bond motifs is 1. The summed E-state index contributed by atoms with van der Waals surface area (Å²) in [5.74, 6) is 2.20. The molecule has 7 heteroatoms. The Balaban J connectivity index is 1.41. The third-order valence-electron chi connectivity index (χ3n) is 5.12. The lowest BCUT2D eigenvalue weighted by Gasteiger charge is -2.29. The fourth-order valence-electron chi connectivity index (χ4n) is 3.46. The molecule has 1 aromatic carbocycles. The molecule has 0 spiro atoms. The van der Waals surface area contributed by atoms with Crippen LogP contribution >= 0.6 is 0 Å². The van der Waals surface area contributed by atoms with Gasteiger partial charge in [0.25, 0.3) is 0 Å². The summed E-state index contributed by atoms with van der Waals surface area (Å²) in [5.41, 5.74) is 1.06. The van der Waals surface area contributed by atoms with Gasteiger partial charge in [-0.15, -0.1) is 0 Å². The standard InChI is InChI=1S/C18H18N2O5/c21-17(20-5-7-22-8-6-20)18(3-4-18)16-10-14(25-19-16)12-1-2-13-15(9-12)24-11-23-13/h1-2,9-10H,3-8,11H2. The smallest absolute Gasteiger partial charge is 0.235 e. The van der Waals surface area contributed by atoms with Gasteiger partial charge >= 0.3 is 0 Å². The molecule has 3 heterocycles. The van der Waals surface area contributed by atoms with Crippen molar-refractivity contribution >= 4 is 5.91 Å². The van der Waals surface area contributed by atoms with Gasteiger partial charge in [0, 0.05) is 24.7 Å². The van der Waals surface area contributed by atoms with Crippen LogP contribution < -0.4 is 9.47 Å². The lowest BCUT2D eigenvalue weighted by molar-refractivity contribution is -0.138. The second-order valence-electron chi connectivity index (χ2n) is 6.63. The van der Waals surface area contributed by atoms with E-state index in [9.17, 15) is 4.79 Å². The van der Waals surface area contributed by atoms with E-state index in [1.165, 1.54) is 0 Å². The van der Waals surface area contributed by atoms with Gasteiger partial charge in [0.1, 0.15) is 0 Å². The molecule has 3 aliphatic rings. The van der Waals surface area contributed by atoms with Crippen molar-refractivity contribution in [2.24, 2.45) is 0 Å². The summed E-state index contributed by atoms with van der Waals surface area (Å²) in [6.07, 6.45) is 1.63. The third-order valence-corrected chi connectivity index (χ3v) is 5.12. The van der Waals surface area contributed by atoms with Crippen LogP contribution in [0.25, 0.3) is 11.3 Å². The van der Waals surface area contributed by atoms with Gasteiger partial charge in [-0.3, -0.25) is 4.79 Å². The molecule has 2 fully saturated rings. The van der Waals surface area contributed by atoms with Crippen LogP contribution in [0.15, 0.2) is 28.8 Å². The fourth-order valence-corrected chi connectivity index (χ4v) is 3.46. The summed E-state index contributed by atoms with van der Waals surface area (Å²) < 4.78 is 21.6. The summed E-state index contributed by atoms with van der Waals surface area (Å²) in [5, 5.41) is 4.21. The van der Waals surface area contributed by atoms with Crippen molar-refractivity contribution in [1.29, 1.82) is 0 Å². The first kappa shape index (κ1) is 14.8. The second-order valence-corrected chi connectivity index (χ2v) is 6.63.